The molecule has 1 atom stereocenters. The Bertz CT molecular complexity index is 600. The lowest BCUT2D eigenvalue weighted by atomic mass is 10.2. The first kappa shape index (κ1) is 17.6. The maximum Gasteiger partial charge on any atom is 0.242 e. The molecule has 1 unspecified atom stereocenters. The molecule has 2 N–H and O–H groups in total. The van der Waals surface area contributed by atoms with E-state index < -0.39 is 16.1 Å². The molecule has 0 bridgehead atoms. The lowest BCUT2D eigenvalue weighted by Gasteiger charge is -2.20. The number of hydrogen-bond donors (Lipinski definition) is 2. The maximum atomic E-state index is 12.3. The number of aliphatic hydroxyl groups excluding tert-OH is 2. The van der Waals surface area contributed by atoms with Gasteiger partial charge in [-0.1, -0.05) is 11.8 Å². The molecule has 6 nitrogen and oxygen atoms in total. The Balaban J connectivity index is 2.87. The van der Waals surface area contributed by atoms with Crippen LogP contribution in [0.5, 0.6) is 0 Å². The van der Waals surface area contributed by atoms with Crippen molar-refractivity contribution in [3.8, 4) is 11.8 Å². The van der Waals surface area contributed by atoms with Crippen molar-refractivity contribution in [3.05, 3.63) is 29.8 Å². The second-order valence-electron chi connectivity index (χ2n) is 4.38. The van der Waals surface area contributed by atoms with Crippen LogP contribution >= 0.6 is 0 Å². The zero-order valence-corrected chi connectivity index (χ0v) is 12.8. The second-order valence-corrected chi connectivity index (χ2v) is 6.42. The fraction of sp³-hybridized carbons (Fsp3) is 0.429. The molecule has 0 radical (unpaired) electrons. The third-order valence-electron chi connectivity index (χ3n) is 2.70. The Morgan fingerprint density at radius 2 is 1.95 bits per heavy atom. The van der Waals surface area contributed by atoms with Crippen molar-refractivity contribution in [1.29, 1.82) is 0 Å². The highest BCUT2D eigenvalue weighted by molar-refractivity contribution is 7.89. The lowest BCUT2D eigenvalue weighted by molar-refractivity contribution is 0.0554. The first-order valence-electron chi connectivity index (χ1n) is 6.25. The maximum absolute atomic E-state index is 12.3. The number of aliphatic hydroxyl groups is 2. The minimum atomic E-state index is -3.67. The predicted octanol–water partition coefficient (Wildman–Crippen LogP) is -0.342. The zero-order valence-electron chi connectivity index (χ0n) is 12.0. The summed E-state index contributed by atoms with van der Waals surface area (Å²) in [6.45, 7) is -0.238. The molecule has 0 aliphatic heterocycles. The summed E-state index contributed by atoms with van der Waals surface area (Å²) < 4.78 is 30.4. The first-order chi connectivity index (χ1) is 9.91. The minimum absolute atomic E-state index is 0.0533. The van der Waals surface area contributed by atoms with Crippen LogP contribution in [0, 0.1) is 11.8 Å². The van der Waals surface area contributed by atoms with Gasteiger partial charge in [-0.15, -0.1) is 0 Å². The molecule has 0 saturated heterocycles. The summed E-state index contributed by atoms with van der Waals surface area (Å²) in [5.74, 6) is 5.17. The molecule has 0 aliphatic carbocycles. The van der Waals surface area contributed by atoms with E-state index in [1.54, 1.807) is 12.1 Å². The van der Waals surface area contributed by atoms with Gasteiger partial charge in [-0.2, -0.15) is 4.31 Å². The van der Waals surface area contributed by atoms with Crippen LogP contribution in [0.15, 0.2) is 29.2 Å². The molecule has 0 aromatic heterocycles. The van der Waals surface area contributed by atoms with Crippen LogP contribution in [-0.4, -0.2) is 63.0 Å². The number of benzene rings is 1. The van der Waals surface area contributed by atoms with Crippen LogP contribution in [0.25, 0.3) is 0 Å². The summed E-state index contributed by atoms with van der Waals surface area (Å²) in [7, 11) is -0.839. The van der Waals surface area contributed by atoms with Crippen molar-refractivity contribution in [2.24, 2.45) is 0 Å². The smallest absolute Gasteiger partial charge is 0.242 e. The van der Waals surface area contributed by atoms with Crippen LogP contribution < -0.4 is 0 Å². The van der Waals surface area contributed by atoms with Crippen molar-refractivity contribution in [1.82, 2.24) is 4.31 Å². The number of nitrogens with zero attached hydrogens (tertiary/aromatic N) is 1. The van der Waals surface area contributed by atoms with Crippen molar-refractivity contribution in [3.63, 3.8) is 0 Å². The monoisotopic (exact) mass is 313 g/mol. The summed E-state index contributed by atoms with van der Waals surface area (Å²) in [5, 5.41) is 18.2. The SMILES string of the molecule is COCC(O)CN(C)S(=O)(=O)c1ccc(C#CCO)cc1. The highest BCUT2D eigenvalue weighted by Gasteiger charge is 2.22. The quantitative estimate of drug-likeness (QED) is 0.702. The Labute approximate surface area is 125 Å². The zero-order chi connectivity index (χ0) is 15.9. The highest BCUT2D eigenvalue weighted by atomic mass is 32.2. The van der Waals surface area contributed by atoms with Crippen LogP contribution in [0.1, 0.15) is 5.56 Å². The van der Waals surface area contributed by atoms with Gasteiger partial charge in [0.05, 0.1) is 17.6 Å². The fourth-order valence-electron chi connectivity index (χ4n) is 1.67. The van der Waals surface area contributed by atoms with Gasteiger partial charge in [-0.25, -0.2) is 8.42 Å². The molecule has 0 aliphatic rings. The number of methoxy groups -OCH3 is 1. The van der Waals surface area contributed by atoms with Gasteiger partial charge in [0.15, 0.2) is 0 Å². The van der Waals surface area contributed by atoms with Gasteiger partial charge in [-0.05, 0) is 24.3 Å². The summed E-state index contributed by atoms with van der Waals surface area (Å²) in [4.78, 5) is 0.115. The molecule has 116 valence electrons. The van der Waals surface area contributed by atoms with Crippen LogP contribution in [0.2, 0.25) is 0 Å². The summed E-state index contributed by atoms with van der Waals surface area (Å²) in [6, 6.07) is 6.01. The third-order valence-corrected chi connectivity index (χ3v) is 4.54. The molecule has 21 heavy (non-hydrogen) atoms. The number of sulfonamides is 1. The van der Waals surface area contributed by atoms with Crippen molar-refractivity contribution < 1.29 is 23.4 Å². The van der Waals surface area contributed by atoms with E-state index >= 15 is 0 Å². The molecular formula is C14H19NO5S. The molecule has 1 aromatic carbocycles. The van der Waals surface area contributed by atoms with E-state index in [2.05, 4.69) is 11.8 Å². The molecular weight excluding hydrogens is 294 g/mol. The Kier molecular flexibility index (Phi) is 6.81. The average molecular weight is 313 g/mol. The molecule has 0 spiro atoms. The third kappa shape index (κ3) is 5.12. The van der Waals surface area contributed by atoms with Gasteiger partial charge in [0, 0.05) is 26.3 Å². The van der Waals surface area contributed by atoms with Gasteiger partial charge in [0.25, 0.3) is 0 Å². The topological polar surface area (TPSA) is 87.1 Å². The van der Waals surface area contributed by atoms with Crippen LogP contribution in [0.4, 0.5) is 0 Å². The first-order valence-corrected chi connectivity index (χ1v) is 7.69. The molecule has 0 amide bonds. The summed E-state index contributed by atoms with van der Waals surface area (Å²) >= 11 is 0. The van der Waals surface area contributed by atoms with Crippen molar-refractivity contribution >= 4 is 10.0 Å². The van der Waals surface area contributed by atoms with Gasteiger partial charge in [0.2, 0.25) is 10.0 Å². The Morgan fingerprint density at radius 1 is 1.33 bits per heavy atom. The van der Waals surface area contributed by atoms with E-state index in [0.29, 0.717) is 5.56 Å². The van der Waals surface area contributed by atoms with E-state index in [0.717, 1.165) is 4.31 Å². The molecule has 1 aromatic rings. The van der Waals surface area contributed by atoms with Gasteiger partial charge >= 0.3 is 0 Å². The molecule has 1 rings (SSSR count). The van der Waals surface area contributed by atoms with Crippen LogP contribution in [0.3, 0.4) is 0 Å². The number of ether oxygens (including phenoxy) is 1. The Hall–Kier alpha value is -1.43. The van der Waals surface area contributed by atoms with E-state index in [1.807, 2.05) is 0 Å². The van der Waals surface area contributed by atoms with Crippen molar-refractivity contribution in [2.75, 3.05) is 33.9 Å². The van der Waals surface area contributed by atoms with Gasteiger partial charge in [-0.3, -0.25) is 0 Å². The van der Waals surface area contributed by atoms with E-state index in [-0.39, 0.29) is 24.7 Å². The Morgan fingerprint density at radius 3 is 2.48 bits per heavy atom. The summed E-state index contributed by atoms with van der Waals surface area (Å²) in [5.41, 5.74) is 0.616. The minimum Gasteiger partial charge on any atom is -0.389 e. The van der Waals surface area contributed by atoms with Gasteiger partial charge in [0.1, 0.15) is 6.61 Å². The van der Waals surface area contributed by atoms with E-state index in [9.17, 15) is 13.5 Å². The number of rotatable bonds is 6. The number of likely N-dealkylation sites (N-methyl/N-ethyl adjacent to an activating group) is 1. The highest BCUT2D eigenvalue weighted by Crippen LogP contribution is 2.15. The molecule has 7 heteroatoms. The van der Waals surface area contributed by atoms with E-state index in [1.165, 1.54) is 26.3 Å². The number of hydrogen-bond acceptors (Lipinski definition) is 5. The van der Waals surface area contributed by atoms with Gasteiger partial charge < -0.3 is 14.9 Å². The second kappa shape index (κ2) is 8.12. The summed E-state index contributed by atoms with van der Waals surface area (Å²) in [6.07, 6.45) is -0.885. The predicted molar refractivity (Wildman–Crippen MR) is 78.1 cm³/mol. The molecule has 0 heterocycles. The normalized spacial score (nSPS) is 12.8. The lowest BCUT2D eigenvalue weighted by Crippen LogP contribution is -2.36. The largest absolute Gasteiger partial charge is 0.389 e. The van der Waals surface area contributed by atoms with Crippen LogP contribution in [-0.2, 0) is 14.8 Å². The van der Waals surface area contributed by atoms with Crippen molar-refractivity contribution in [2.45, 2.75) is 11.0 Å². The molecule has 0 fully saturated rings. The van der Waals surface area contributed by atoms with E-state index in [4.69, 9.17) is 9.84 Å². The standard InChI is InChI=1S/C14H19NO5S/c1-15(10-13(17)11-20-2)21(18,19)14-7-5-12(6-8-14)4-3-9-16/h5-8,13,16-17H,9-11H2,1-2H3. The molecule has 0 saturated carbocycles. The fourth-order valence-corrected chi connectivity index (χ4v) is 2.88. The average Bonchev–Trinajstić information content (AvgIpc) is 2.45.